The van der Waals surface area contributed by atoms with E-state index in [1.54, 1.807) is 4.90 Å². The molecule has 1 saturated heterocycles. The number of nitrogens with two attached hydrogens (primary N) is 2. The molecule has 0 spiro atoms. The van der Waals surface area contributed by atoms with Gasteiger partial charge in [-0.1, -0.05) is 32.0 Å². The van der Waals surface area contributed by atoms with Crippen LogP contribution in [0.2, 0.25) is 0 Å². The highest BCUT2D eigenvalue weighted by Crippen LogP contribution is 2.19. The molecule has 1 heterocycles. The monoisotopic (exact) mass is 243 g/mol. The highest BCUT2D eigenvalue weighted by molar-refractivity contribution is 7.80. The van der Waals surface area contributed by atoms with Crippen LogP contribution in [0.3, 0.4) is 0 Å². The Bertz CT molecular complexity index is 270. The maximum Gasteiger partial charge on any atom is 0.240 e. The average molecular weight is 243 g/mol. The number of carbonyl (C=O) groups is 1. The van der Waals surface area contributed by atoms with Crippen molar-refractivity contribution < 1.29 is 4.79 Å². The predicted octanol–water partition coefficient (Wildman–Crippen LogP) is 0.781. The first kappa shape index (κ1) is 13.4. The number of amides is 1. The van der Waals surface area contributed by atoms with Crippen molar-refractivity contribution in [1.29, 1.82) is 0 Å². The normalized spacial score (nSPS) is 22.1. The first-order valence-electron chi connectivity index (χ1n) is 5.93. The second kappa shape index (κ2) is 6.15. The minimum atomic E-state index is -0.394. The molecule has 16 heavy (non-hydrogen) atoms. The van der Waals surface area contributed by atoms with Gasteiger partial charge >= 0.3 is 0 Å². The van der Waals surface area contributed by atoms with Gasteiger partial charge in [0.1, 0.15) is 0 Å². The van der Waals surface area contributed by atoms with Crippen LogP contribution < -0.4 is 11.5 Å². The molecule has 1 fully saturated rings. The lowest BCUT2D eigenvalue weighted by Gasteiger charge is -2.26. The van der Waals surface area contributed by atoms with Crippen molar-refractivity contribution in [2.75, 3.05) is 6.54 Å². The fraction of sp³-hybridized carbons (Fsp3) is 0.818. The average Bonchev–Trinajstić information content (AvgIpc) is 2.73. The van der Waals surface area contributed by atoms with E-state index in [9.17, 15) is 4.79 Å². The molecule has 92 valence electrons. The van der Waals surface area contributed by atoms with Gasteiger partial charge in [0, 0.05) is 6.54 Å². The van der Waals surface area contributed by atoms with E-state index in [2.05, 4.69) is 6.92 Å². The van der Waals surface area contributed by atoms with Gasteiger partial charge in [0.2, 0.25) is 5.91 Å². The molecule has 4 nitrogen and oxygen atoms in total. The van der Waals surface area contributed by atoms with Gasteiger partial charge in [-0.25, -0.2) is 0 Å². The highest BCUT2D eigenvalue weighted by atomic mass is 32.1. The molecule has 0 aliphatic carbocycles. The Kier molecular flexibility index (Phi) is 5.15. The van der Waals surface area contributed by atoms with E-state index in [-0.39, 0.29) is 11.9 Å². The van der Waals surface area contributed by atoms with E-state index in [0.717, 1.165) is 38.6 Å². The van der Waals surface area contributed by atoms with E-state index >= 15 is 0 Å². The number of hydrogen-bond donors (Lipinski definition) is 2. The van der Waals surface area contributed by atoms with Gasteiger partial charge in [-0.15, -0.1) is 0 Å². The second-order valence-electron chi connectivity index (χ2n) is 4.34. The molecule has 1 rings (SSSR count). The quantitative estimate of drug-likeness (QED) is 0.700. The number of thiocarbonyl (C=S) groups is 1. The highest BCUT2D eigenvalue weighted by Gasteiger charge is 2.32. The number of hydrogen-bond acceptors (Lipinski definition) is 3. The van der Waals surface area contributed by atoms with Gasteiger partial charge < -0.3 is 16.4 Å². The Balaban J connectivity index is 2.55. The lowest BCUT2D eigenvalue weighted by Crippen LogP contribution is -2.49. The SMILES string of the molecule is CCCC[C@H](N)C(=O)N1CCC[C@H]1C(N)=S. The summed E-state index contributed by atoms with van der Waals surface area (Å²) < 4.78 is 0. The Labute approximate surface area is 102 Å². The van der Waals surface area contributed by atoms with Crippen LogP contribution in [-0.2, 0) is 4.79 Å². The van der Waals surface area contributed by atoms with Crippen molar-refractivity contribution in [3.8, 4) is 0 Å². The summed E-state index contributed by atoms with van der Waals surface area (Å²) in [5.41, 5.74) is 11.5. The van der Waals surface area contributed by atoms with Gasteiger partial charge in [0.15, 0.2) is 0 Å². The first-order valence-corrected chi connectivity index (χ1v) is 6.34. The molecule has 0 bridgehead atoms. The molecular formula is C11H21N3OS. The van der Waals surface area contributed by atoms with Crippen molar-refractivity contribution in [3.63, 3.8) is 0 Å². The van der Waals surface area contributed by atoms with Crippen molar-refractivity contribution >= 4 is 23.1 Å². The van der Waals surface area contributed by atoms with Crippen molar-refractivity contribution in [1.82, 2.24) is 4.90 Å². The van der Waals surface area contributed by atoms with Crippen molar-refractivity contribution in [2.45, 2.75) is 51.1 Å². The molecule has 5 heteroatoms. The fourth-order valence-corrected chi connectivity index (χ4v) is 2.33. The number of carbonyl (C=O) groups excluding carboxylic acids is 1. The third-order valence-electron chi connectivity index (χ3n) is 3.05. The molecule has 1 aliphatic heterocycles. The molecule has 1 aliphatic rings. The standard InChI is InChI=1S/C11H21N3OS/c1-2-3-5-8(12)11(15)14-7-4-6-9(14)10(13)16/h8-9H,2-7,12H2,1H3,(H2,13,16)/t8-,9-/m0/s1. The minimum Gasteiger partial charge on any atom is -0.392 e. The van der Waals surface area contributed by atoms with Gasteiger partial charge in [0.05, 0.1) is 17.1 Å². The van der Waals surface area contributed by atoms with Crippen LogP contribution in [-0.4, -0.2) is 34.4 Å². The molecule has 0 aromatic rings. The maximum atomic E-state index is 12.1. The summed E-state index contributed by atoms with van der Waals surface area (Å²) in [4.78, 5) is 14.2. The van der Waals surface area contributed by atoms with E-state index in [4.69, 9.17) is 23.7 Å². The molecule has 0 radical (unpaired) electrons. The third kappa shape index (κ3) is 3.15. The summed E-state index contributed by atoms with van der Waals surface area (Å²) >= 11 is 4.97. The van der Waals surface area contributed by atoms with Gasteiger partial charge in [-0.3, -0.25) is 4.79 Å². The van der Waals surface area contributed by atoms with Crippen LogP contribution >= 0.6 is 12.2 Å². The largest absolute Gasteiger partial charge is 0.392 e. The molecular weight excluding hydrogens is 222 g/mol. The summed E-state index contributed by atoms with van der Waals surface area (Å²) in [7, 11) is 0. The van der Waals surface area contributed by atoms with E-state index in [0.29, 0.717) is 4.99 Å². The minimum absolute atomic E-state index is 0.00347. The van der Waals surface area contributed by atoms with Crippen LogP contribution in [0.15, 0.2) is 0 Å². The number of nitrogens with zero attached hydrogens (tertiary/aromatic N) is 1. The number of rotatable bonds is 5. The topological polar surface area (TPSA) is 72.4 Å². The van der Waals surface area contributed by atoms with Crippen LogP contribution in [0.4, 0.5) is 0 Å². The summed E-state index contributed by atoms with van der Waals surface area (Å²) in [5.74, 6) is 0.00347. The zero-order chi connectivity index (χ0) is 12.1. The summed E-state index contributed by atoms with van der Waals surface area (Å²) in [6.07, 6.45) is 4.63. The molecule has 4 N–H and O–H groups in total. The van der Waals surface area contributed by atoms with Crippen molar-refractivity contribution in [2.24, 2.45) is 11.5 Å². The maximum absolute atomic E-state index is 12.1. The van der Waals surface area contributed by atoms with E-state index < -0.39 is 6.04 Å². The Hall–Kier alpha value is -0.680. The van der Waals surface area contributed by atoms with E-state index in [1.807, 2.05) is 0 Å². The van der Waals surface area contributed by atoms with Crippen LogP contribution in [0.1, 0.15) is 39.0 Å². The molecule has 2 atom stereocenters. The zero-order valence-corrected chi connectivity index (χ0v) is 10.6. The van der Waals surface area contributed by atoms with Gasteiger partial charge in [-0.05, 0) is 19.3 Å². The molecule has 1 amide bonds. The Morgan fingerprint density at radius 2 is 2.31 bits per heavy atom. The zero-order valence-electron chi connectivity index (χ0n) is 9.82. The molecule has 0 unspecified atom stereocenters. The van der Waals surface area contributed by atoms with Crippen molar-refractivity contribution in [3.05, 3.63) is 0 Å². The van der Waals surface area contributed by atoms with Crippen LogP contribution in [0.25, 0.3) is 0 Å². The molecule has 0 aromatic heterocycles. The Morgan fingerprint density at radius 3 is 2.88 bits per heavy atom. The van der Waals surface area contributed by atoms with Gasteiger partial charge in [-0.2, -0.15) is 0 Å². The summed E-state index contributed by atoms with van der Waals surface area (Å²) in [6, 6.07) is -0.468. The van der Waals surface area contributed by atoms with E-state index in [1.165, 1.54) is 0 Å². The fourth-order valence-electron chi connectivity index (χ4n) is 2.09. The smallest absolute Gasteiger partial charge is 0.240 e. The lowest BCUT2D eigenvalue weighted by atomic mass is 10.1. The second-order valence-corrected chi connectivity index (χ2v) is 4.81. The number of unbranched alkanes of at least 4 members (excludes halogenated alkanes) is 1. The predicted molar refractivity (Wildman–Crippen MR) is 69.0 cm³/mol. The summed E-state index contributed by atoms with van der Waals surface area (Å²) in [5, 5.41) is 0. The first-order chi connectivity index (χ1) is 7.57. The van der Waals surface area contributed by atoms with Gasteiger partial charge in [0.25, 0.3) is 0 Å². The van der Waals surface area contributed by atoms with Crippen LogP contribution in [0, 0.1) is 0 Å². The summed E-state index contributed by atoms with van der Waals surface area (Å²) in [6.45, 7) is 2.82. The third-order valence-corrected chi connectivity index (χ3v) is 3.32. The molecule has 0 aromatic carbocycles. The Morgan fingerprint density at radius 1 is 1.62 bits per heavy atom. The molecule has 0 saturated carbocycles. The van der Waals surface area contributed by atoms with Crippen LogP contribution in [0.5, 0.6) is 0 Å². The number of likely N-dealkylation sites (tertiary alicyclic amines) is 1. The lowest BCUT2D eigenvalue weighted by molar-refractivity contribution is -0.132.